The molecule has 0 aliphatic heterocycles. The zero-order valence-corrected chi connectivity index (χ0v) is 9.25. The summed E-state index contributed by atoms with van der Waals surface area (Å²) in [5.41, 5.74) is 0.968. The molecule has 0 aliphatic rings. The average molecular weight is 235 g/mol. The van der Waals surface area contributed by atoms with Gasteiger partial charge in [0.2, 0.25) is 0 Å². The van der Waals surface area contributed by atoms with Crippen molar-refractivity contribution in [2.75, 3.05) is 6.61 Å². The lowest BCUT2D eigenvalue weighted by Crippen LogP contribution is -1.75. The van der Waals surface area contributed by atoms with Crippen molar-refractivity contribution in [2.45, 2.75) is 0 Å². The van der Waals surface area contributed by atoms with Gasteiger partial charge < -0.3 is 5.11 Å². The van der Waals surface area contributed by atoms with Gasteiger partial charge in [-0.05, 0) is 24.3 Å². The highest BCUT2D eigenvalue weighted by molar-refractivity contribution is 7.16. The topological polar surface area (TPSA) is 33.1 Å². The molecule has 4 heteroatoms. The molecule has 0 bridgehead atoms. The Morgan fingerprint density at radius 2 is 2.31 bits per heavy atom. The molecule has 2 aromatic heterocycles. The number of thiophene rings is 1. The molecular formula is C12H10FNOS. The van der Waals surface area contributed by atoms with Crippen LogP contribution >= 0.6 is 11.3 Å². The van der Waals surface area contributed by atoms with E-state index in [1.165, 1.54) is 11.3 Å². The van der Waals surface area contributed by atoms with Gasteiger partial charge in [-0.25, -0.2) is 4.39 Å². The maximum absolute atomic E-state index is 13.4. The highest BCUT2D eigenvalue weighted by Crippen LogP contribution is 2.31. The van der Waals surface area contributed by atoms with Crippen LogP contribution < -0.4 is 0 Å². The monoisotopic (exact) mass is 235 g/mol. The van der Waals surface area contributed by atoms with Crippen LogP contribution in [0.5, 0.6) is 0 Å². The fraction of sp³-hybridized carbons (Fsp3) is 0.0833. The number of aliphatic hydroxyl groups excluding tert-OH is 1. The fourth-order valence-corrected chi connectivity index (χ4v) is 2.24. The van der Waals surface area contributed by atoms with Gasteiger partial charge in [0.25, 0.3) is 0 Å². The summed E-state index contributed by atoms with van der Waals surface area (Å²) in [5.74, 6) is -0.386. The van der Waals surface area contributed by atoms with Crippen LogP contribution in [0.4, 0.5) is 4.39 Å². The molecule has 2 nitrogen and oxygen atoms in total. The van der Waals surface area contributed by atoms with Gasteiger partial charge in [-0.1, -0.05) is 6.07 Å². The Labute approximate surface area is 96.7 Å². The molecule has 0 aromatic carbocycles. The Bertz CT molecular complexity index is 493. The van der Waals surface area contributed by atoms with Gasteiger partial charge in [-0.3, -0.25) is 4.98 Å². The van der Waals surface area contributed by atoms with Gasteiger partial charge in [0.05, 0.1) is 11.5 Å². The number of nitrogens with zero attached hydrogens (tertiary/aromatic N) is 1. The molecule has 16 heavy (non-hydrogen) atoms. The maximum Gasteiger partial charge on any atom is 0.138 e. The summed E-state index contributed by atoms with van der Waals surface area (Å²) in [7, 11) is 0. The Balaban J connectivity index is 2.30. The van der Waals surface area contributed by atoms with E-state index in [-0.39, 0.29) is 12.4 Å². The van der Waals surface area contributed by atoms with Gasteiger partial charge in [0.1, 0.15) is 5.83 Å². The van der Waals surface area contributed by atoms with Crippen molar-refractivity contribution < 1.29 is 9.50 Å². The molecule has 1 N–H and O–H groups in total. The van der Waals surface area contributed by atoms with Gasteiger partial charge in [-0.2, -0.15) is 0 Å². The normalized spacial score (nSPS) is 11.8. The molecule has 2 heterocycles. The second kappa shape index (κ2) is 5.01. The largest absolute Gasteiger partial charge is 0.392 e. The minimum absolute atomic E-state index is 0.286. The van der Waals surface area contributed by atoms with Crippen LogP contribution in [-0.2, 0) is 0 Å². The number of halogens is 1. The number of rotatable bonds is 3. The minimum Gasteiger partial charge on any atom is -0.392 e. The molecular weight excluding hydrogens is 225 g/mol. The van der Waals surface area contributed by atoms with Gasteiger partial charge >= 0.3 is 0 Å². The van der Waals surface area contributed by atoms with E-state index in [2.05, 4.69) is 4.98 Å². The standard InChI is InChI=1S/C12H10FNOS/c13-10(5-7-15)12-4-3-11(16-12)9-2-1-6-14-8-9/h1-6,8,15H,7H2/b10-5-. The average Bonchev–Trinajstić information content (AvgIpc) is 2.80. The molecule has 0 atom stereocenters. The number of hydrogen-bond donors (Lipinski definition) is 1. The molecule has 0 amide bonds. The third-order valence-corrected chi connectivity index (χ3v) is 3.20. The van der Waals surface area contributed by atoms with Gasteiger partial charge in [-0.15, -0.1) is 11.3 Å². The van der Waals surface area contributed by atoms with Crippen LogP contribution in [0.25, 0.3) is 16.3 Å². The molecule has 0 fully saturated rings. The molecule has 0 radical (unpaired) electrons. The summed E-state index contributed by atoms with van der Waals surface area (Å²) in [4.78, 5) is 5.49. The molecule has 0 spiro atoms. The second-order valence-corrected chi connectivity index (χ2v) is 4.22. The predicted molar refractivity (Wildman–Crippen MR) is 63.7 cm³/mol. The summed E-state index contributed by atoms with van der Waals surface area (Å²) < 4.78 is 13.4. The summed E-state index contributed by atoms with van der Waals surface area (Å²) in [5, 5.41) is 8.60. The molecule has 0 saturated heterocycles. The quantitative estimate of drug-likeness (QED) is 0.886. The summed E-state index contributed by atoms with van der Waals surface area (Å²) >= 11 is 1.34. The summed E-state index contributed by atoms with van der Waals surface area (Å²) in [6.45, 7) is -0.286. The number of aromatic nitrogens is 1. The van der Waals surface area contributed by atoms with E-state index in [9.17, 15) is 4.39 Å². The van der Waals surface area contributed by atoms with Crippen molar-refractivity contribution in [3.63, 3.8) is 0 Å². The van der Waals surface area contributed by atoms with E-state index in [1.54, 1.807) is 18.5 Å². The van der Waals surface area contributed by atoms with Crippen LogP contribution in [0.1, 0.15) is 4.88 Å². The lowest BCUT2D eigenvalue weighted by Gasteiger charge is -1.94. The van der Waals surface area contributed by atoms with Gasteiger partial charge in [0.15, 0.2) is 0 Å². The van der Waals surface area contributed by atoms with E-state index in [0.29, 0.717) is 4.88 Å². The third-order valence-electron chi connectivity index (χ3n) is 2.06. The van der Waals surface area contributed by atoms with Crippen molar-refractivity contribution in [3.05, 3.63) is 47.6 Å². The maximum atomic E-state index is 13.4. The van der Waals surface area contributed by atoms with E-state index >= 15 is 0 Å². The first-order chi connectivity index (χ1) is 7.81. The minimum atomic E-state index is -0.386. The Kier molecular flexibility index (Phi) is 3.44. The van der Waals surface area contributed by atoms with Crippen molar-refractivity contribution in [1.29, 1.82) is 0 Å². The highest BCUT2D eigenvalue weighted by Gasteiger charge is 2.06. The third kappa shape index (κ3) is 2.35. The Morgan fingerprint density at radius 1 is 1.44 bits per heavy atom. The van der Waals surface area contributed by atoms with Crippen LogP contribution in [0.2, 0.25) is 0 Å². The Morgan fingerprint density at radius 3 is 3.00 bits per heavy atom. The van der Waals surface area contributed by atoms with Crippen LogP contribution in [0.15, 0.2) is 42.7 Å². The zero-order valence-electron chi connectivity index (χ0n) is 8.43. The van der Waals surface area contributed by atoms with Crippen LogP contribution in [-0.4, -0.2) is 16.7 Å². The number of aliphatic hydroxyl groups is 1. The molecule has 2 rings (SSSR count). The number of pyridine rings is 1. The molecule has 82 valence electrons. The van der Waals surface area contributed by atoms with E-state index in [1.807, 2.05) is 18.2 Å². The summed E-state index contributed by atoms with van der Waals surface area (Å²) in [6, 6.07) is 7.32. The van der Waals surface area contributed by atoms with Crippen molar-refractivity contribution in [2.24, 2.45) is 0 Å². The fourth-order valence-electron chi connectivity index (χ4n) is 1.31. The smallest absolute Gasteiger partial charge is 0.138 e. The SMILES string of the molecule is OC/C=C(\F)c1ccc(-c2cccnc2)s1. The lowest BCUT2D eigenvalue weighted by atomic mass is 10.2. The first-order valence-corrected chi connectivity index (χ1v) is 5.60. The van der Waals surface area contributed by atoms with Gasteiger partial charge in [0, 0.05) is 22.8 Å². The lowest BCUT2D eigenvalue weighted by molar-refractivity contribution is 0.342. The molecule has 0 saturated carbocycles. The first kappa shape index (κ1) is 11.0. The zero-order chi connectivity index (χ0) is 11.4. The van der Waals surface area contributed by atoms with Crippen molar-refractivity contribution in [3.8, 4) is 10.4 Å². The molecule has 0 aliphatic carbocycles. The summed E-state index contributed by atoms with van der Waals surface area (Å²) in [6.07, 6.45) is 4.59. The number of hydrogen-bond acceptors (Lipinski definition) is 3. The second-order valence-electron chi connectivity index (χ2n) is 3.14. The molecule has 0 unspecified atom stereocenters. The highest BCUT2D eigenvalue weighted by atomic mass is 32.1. The predicted octanol–water partition coefficient (Wildman–Crippen LogP) is 3.11. The van der Waals surface area contributed by atoms with E-state index in [0.717, 1.165) is 16.5 Å². The van der Waals surface area contributed by atoms with Crippen LogP contribution in [0.3, 0.4) is 0 Å². The first-order valence-electron chi connectivity index (χ1n) is 4.78. The van der Waals surface area contributed by atoms with Crippen LogP contribution in [0, 0.1) is 0 Å². The van der Waals surface area contributed by atoms with E-state index in [4.69, 9.17) is 5.11 Å². The van der Waals surface area contributed by atoms with E-state index < -0.39 is 0 Å². The van der Waals surface area contributed by atoms with Crippen molar-refractivity contribution in [1.82, 2.24) is 4.98 Å². The van der Waals surface area contributed by atoms with Crippen molar-refractivity contribution >= 4 is 17.2 Å². The Hall–Kier alpha value is -1.52. The molecule has 2 aromatic rings.